The van der Waals surface area contributed by atoms with Crippen molar-refractivity contribution < 1.29 is 4.39 Å². The molecule has 1 aromatic carbocycles. The molecule has 2 fully saturated rings. The summed E-state index contributed by atoms with van der Waals surface area (Å²) in [5.74, 6) is -0.0980. The van der Waals surface area contributed by atoms with Crippen molar-refractivity contribution in [1.82, 2.24) is 10.2 Å². The van der Waals surface area contributed by atoms with Gasteiger partial charge in [0.1, 0.15) is 5.82 Å². The minimum absolute atomic E-state index is 0.0980. The zero-order valence-electron chi connectivity index (χ0n) is 11.7. The molecule has 1 aliphatic carbocycles. The fraction of sp³-hybridized carbons (Fsp3) is 0.625. The van der Waals surface area contributed by atoms with Crippen molar-refractivity contribution in [2.45, 2.75) is 51.2 Å². The summed E-state index contributed by atoms with van der Waals surface area (Å²) in [5, 5.41) is 3.57. The van der Waals surface area contributed by atoms with E-state index in [0.29, 0.717) is 6.04 Å². The molecule has 2 aliphatic rings. The predicted octanol–water partition coefficient (Wildman–Crippen LogP) is 2.85. The van der Waals surface area contributed by atoms with Crippen molar-refractivity contribution in [3.05, 3.63) is 35.1 Å². The van der Waals surface area contributed by atoms with Crippen LogP contribution in [0.15, 0.2) is 18.2 Å². The first-order valence-electron chi connectivity index (χ1n) is 7.45. The molecule has 1 atom stereocenters. The van der Waals surface area contributed by atoms with E-state index in [9.17, 15) is 4.39 Å². The van der Waals surface area contributed by atoms with Crippen LogP contribution >= 0.6 is 0 Å². The Labute approximate surface area is 115 Å². The smallest absolute Gasteiger partial charge is 0.126 e. The zero-order valence-corrected chi connectivity index (χ0v) is 11.7. The molecule has 1 saturated heterocycles. The van der Waals surface area contributed by atoms with Gasteiger partial charge in [-0.15, -0.1) is 0 Å². The standard InChI is InChI=1S/C16H23FN2/c1-12-9-13(4-7-16(12)17)10-19(15-5-6-15)11-14-3-2-8-18-14/h4,7,9,14-15,18H,2-3,5-6,8,10-11H2,1H3. The number of aryl methyl sites for hydroxylation is 1. The van der Waals surface area contributed by atoms with Gasteiger partial charge in [-0.1, -0.05) is 12.1 Å². The van der Waals surface area contributed by atoms with E-state index in [1.165, 1.54) is 37.8 Å². The fourth-order valence-electron chi connectivity index (χ4n) is 3.02. The average molecular weight is 262 g/mol. The molecule has 0 aromatic heterocycles. The number of nitrogens with one attached hydrogen (secondary N) is 1. The van der Waals surface area contributed by atoms with Crippen LogP contribution in [-0.4, -0.2) is 30.1 Å². The van der Waals surface area contributed by atoms with Crippen molar-refractivity contribution >= 4 is 0 Å². The molecule has 1 saturated carbocycles. The first-order chi connectivity index (χ1) is 9.22. The van der Waals surface area contributed by atoms with Gasteiger partial charge in [0.05, 0.1) is 0 Å². The summed E-state index contributed by atoms with van der Waals surface area (Å²) in [4.78, 5) is 2.58. The summed E-state index contributed by atoms with van der Waals surface area (Å²) in [7, 11) is 0. The summed E-state index contributed by atoms with van der Waals surface area (Å²) < 4.78 is 13.3. The quantitative estimate of drug-likeness (QED) is 0.878. The maximum atomic E-state index is 13.3. The van der Waals surface area contributed by atoms with Crippen LogP contribution in [0, 0.1) is 12.7 Å². The lowest BCUT2D eigenvalue weighted by molar-refractivity contribution is 0.231. The SMILES string of the molecule is Cc1cc(CN(CC2CCCN2)C2CC2)ccc1F. The summed E-state index contributed by atoms with van der Waals surface area (Å²) in [5.41, 5.74) is 2.00. The number of nitrogens with zero attached hydrogens (tertiary/aromatic N) is 1. The van der Waals surface area contributed by atoms with E-state index in [-0.39, 0.29) is 5.82 Å². The second-order valence-electron chi connectivity index (χ2n) is 6.04. The predicted molar refractivity (Wildman–Crippen MR) is 75.6 cm³/mol. The molecule has 1 aliphatic heterocycles. The Morgan fingerprint density at radius 1 is 1.32 bits per heavy atom. The molecule has 1 aromatic rings. The van der Waals surface area contributed by atoms with E-state index in [2.05, 4.69) is 10.2 Å². The van der Waals surface area contributed by atoms with Crippen LogP contribution in [0.25, 0.3) is 0 Å². The number of rotatable bonds is 5. The highest BCUT2D eigenvalue weighted by Crippen LogP contribution is 2.29. The van der Waals surface area contributed by atoms with Gasteiger partial charge in [-0.25, -0.2) is 4.39 Å². The lowest BCUT2D eigenvalue weighted by Gasteiger charge is -2.25. The monoisotopic (exact) mass is 262 g/mol. The number of halogens is 1. The molecule has 2 nitrogen and oxygen atoms in total. The molecule has 19 heavy (non-hydrogen) atoms. The van der Waals surface area contributed by atoms with Crippen molar-refractivity contribution in [3.8, 4) is 0 Å². The molecule has 3 heteroatoms. The summed E-state index contributed by atoms with van der Waals surface area (Å²) in [6, 6.07) is 6.94. The molecule has 104 valence electrons. The van der Waals surface area contributed by atoms with Crippen LogP contribution in [-0.2, 0) is 6.54 Å². The van der Waals surface area contributed by atoms with Gasteiger partial charge < -0.3 is 5.32 Å². The van der Waals surface area contributed by atoms with E-state index in [4.69, 9.17) is 0 Å². The largest absolute Gasteiger partial charge is 0.313 e. The summed E-state index contributed by atoms with van der Waals surface area (Å²) >= 11 is 0. The van der Waals surface area contributed by atoms with Crippen LogP contribution in [0.3, 0.4) is 0 Å². The van der Waals surface area contributed by atoms with E-state index in [1.54, 1.807) is 6.07 Å². The number of benzene rings is 1. The maximum Gasteiger partial charge on any atom is 0.126 e. The van der Waals surface area contributed by atoms with Crippen LogP contribution in [0.5, 0.6) is 0 Å². The summed E-state index contributed by atoms with van der Waals surface area (Å²) in [6.45, 7) is 5.11. The Morgan fingerprint density at radius 2 is 2.16 bits per heavy atom. The maximum absolute atomic E-state index is 13.3. The van der Waals surface area contributed by atoms with Crippen LogP contribution in [0.4, 0.5) is 4.39 Å². The third-order valence-corrected chi connectivity index (χ3v) is 4.29. The number of hydrogen-bond donors (Lipinski definition) is 1. The highest BCUT2D eigenvalue weighted by Gasteiger charge is 2.31. The summed E-state index contributed by atoms with van der Waals surface area (Å²) in [6.07, 6.45) is 5.25. The Bertz CT molecular complexity index is 436. The first kappa shape index (κ1) is 13.1. The van der Waals surface area contributed by atoms with Gasteiger partial charge in [-0.2, -0.15) is 0 Å². The lowest BCUT2D eigenvalue weighted by atomic mass is 10.1. The van der Waals surface area contributed by atoms with Gasteiger partial charge in [-0.3, -0.25) is 4.90 Å². The van der Waals surface area contributed by atoms with Crippen molar-refractivity contribution in [2.24, 2.45) is 0 Å². The minimum Gasteiger partial charge on any atom is -0.313 e. The minimum atomic E-state index is -0.0980. The van der Waals surface area contributed by atoms with Gasteiger partial charge in [0.2, 0.25) is 0 Å². The topological polar surface area (TPSA) is 15.3 Å². The normalized spacial score (nSPS) is 23.2. The first-order valence-corrected chi connectivity index (χ1v) is 7.45. The van der Waals surface area contributed by atoms with E-state index < -0.39 is 0 Å². The van der Waals surface area contributed by atoms with E-state index in [0.717, 1.165) is 24.7 Å². The molecule has 0 spiro atoms. The molecule has 0 bridgehead atoms. The highest BCUT2D eigenvalue weighted by atomic mass is 19.1. The van der Waals surface area contributed by atoms with Gasteiger partial charge in [0.15, 0.2) is 0 Å². The average Bonchev–Trinajstić information content (AvgIpc) is 3.12. The van der Waals surface area contributed by atoms with Gasteiger partial charge in [0.25, 0.3) is 0 Å². The van der Waals surface area contributed by atoms with Crippen molar-refractivity contribution in [3.63, 3.8) is 0 Å². The van der Waals surface area contributed by atoms with Crippen LogP contribution in [0.2, 0.25) is 0 Å². The Morgan fingerprint density at radius 3 is 2.79 bits per heavy atom. The van der Waals surface area contributed by atoms with Gasteiger partial charge >= 0.3 is 0 Å². The molecular weight excluding hydrogens is 239 g/mol. The molecule has 0 radical (unpaired) electrons. The Hall–Kier alpha value is -0.930. The zero-order chi connectivity index (χ0) is 13.2. The second-order valence-corrected chi connectivity index (χ2v) is 6.04. The van der Waals surface area contributed by atoms with Crippen molar-refractivity contribution in [2.75, 3.05) is 13.1 Å². The highest BCUT2D eigenvalue weighted by molar-refractivity contribution is 5.24. The van der Waals surface area contributed by atoms with Gasteiger partial charge in [0, 0.05) is 25.2 Å². The Balaban J connectivity index is 1.64. The number of hydrogen-bond acceptors (Lipinski definition) is 2. The molecule has 1 unspecified atom stereocenters. The lowest BCUT2D eigenvalue weighted by Crippen LogP contribution is -2.38. The molecule has 1 heterocycles. The molecule has 3 rings (SSSR count). The second kappa shape index (κ2) is 5.59. The molecule has 0 amide bonds. The van der Waals surface area contributed by atoms with Gasteiger partial charge in [-0.05, 0) is 56.3 Å². The fourth-order valence-corrected chi connectivity index (χ4v) is 3.02. The van der Waals surface area contributed by atoms with Crippen molar-refractivity contribution in [1.29, 1.82) is 0 Å². The molecule has 1 N–H and O–H groups in total. The third-order valence-electron chi connectivity index (χ3n) is 4.29. The van der Waals surface area contributed by atoms with E-state index in [1.807, 2.05) is 19.1 Å². The third kappa shape index (κ3) is 3.34. The van der Waals surface area contributed by atoms with Crippen LogP contribution < -0.4 is 5.32 Å². The molecular formula is C16H23FN2. The Kier molecular flexibility index (Phi) is 3.85. The van der Waals surface area contributed by atoms with Crippen LogP contribution in [0.1, 0.15) is 36.8 Å². The van der Waals surface area contributed by atoms with E-state index >= 15 is 0 Å².